The molecule has 0 aliphatic carbocycles. The van der Waals surface area contributed by atoms with Crippen LogP contribution in [0.4, 0.5) is 5.69 Å². The van der Waals surface area contributed by atoms with Crippen LogP contribution >= 0.6 is 0 Å². The second kappa shape index (κ2) is 7.54. The van der Waals surface area contributed by atoms with Gasteiger partial charge in [0.1, 0.15) is 6.54 Å². The Balaban J connectivity index is 1.48. The number of nitrogens with zero attached hydrogens (tertiary/aromatic N) is 4. The normalized spacial score (nSPS) is 14.6. The fourth-order valence-corrected chi connectivity index (χ4v) is 4.00. The van der Waals surface area contributed by atoms with Crippen LogP contribution in [0.3, 0.4) is 0 Å². The second-order valence-electron chi connectivity index (χ2n) is 7.31. The highest BCUT2D eigenvalue weighted by Crippen LogP contribution is 2.18. The summed E-state index contributed by atoms with van der Waals surface area (Å²) in [6, 6.07) is 16.1. The molecule has 1 saturated heterocycles. The van der Waals surface area contributed by atoms with Crippen LogP contribution in [-0.2, 0) is 17.9 Å². The number of hydrogen-bond acceptors (Lipinski definition) is 3. The van der Waals surface area contributed by atoms with Crippen molar-refractivity contribution >= 4 is 22.6 Å². The van der Waals surface area contributed by atoms with Crippen LogP contribution in [0, 0.1) is 6.92 Å². The molecule has 0 unspecified atom stereocenters. The first-order valence-corrected chi connectivity index (χ1v) is 9.86. The third-order valence-corrected chi connectivity index (χ3v) is 5.53. The first kappa shape index (κ1) is 18.3. The fourth-order valence-electron chi connectivity index (χ4n) is 4.00. The summed E-state index contributed by atoms with van der Waals surface area (Å²) < 4.78 is 3.33. The van der Waals surface area contributed by atoms with Crippen LogP contribution in [0.15, 0.2) is 53.3 Å². The Morgan fingerprint density at radius 3 is 2.25 bits per heavy atom. The molecule has 0 bridgehead atoms. The number of aromatic nitrogens is 2. The largest absolute Gasteiger partial charge is 0.368 e. The van der Waals surface area contributed by atoms with Gasteiger partial charge >= 0.3 is 5.69 Å². The van der Waals surface area contributed by atoms with E-state index in [1.54, 1.807) is 9.13 Å². The molecule has 1 aromatic heterocycles. The summed E-state index contributed by atoms with van der Waals surface area (Å²) in [6.45, 7) is 7.69. The molecule has 1 aliphatic heterocycles. The molecule has 0 radical (unpaired) electrons. The van der Waals surface area contributed by atoms with Crippen molar-refractivity contribution in [3.05, 3.63) is 64.6 Å². The lowest BCUT2D eigenvalue weighted by Crippen LogP contribution is -2.50. The molecule has 2 heterocycles. The molecule has 1 amide bonds. The van der Waals surface area contributed by atoms with Gasteiger partial charge in [-0.15, -0.1) is 0 Å². The quantitative estimate of drug-likeness (QED) is 0.701. The molecule has 0 saturated carbocycles. The van der Waals surface area contributed by atoms with Gasteiger partial charge in [0.2, 0.25) is 5.91 Å². The Labute approximate surface area is 164 Å². The van der Waals surface area contributed by atoms with E-state index in [0.29, 0.717) is 19.6 Å². The first-order chi connectivity index (χ1) is 13.6. The summed E-state index contributed by atoms with van der Waals surface area (Å²) in [6.07, 6.45) is 0. The summed E-state index contributed by atoms with van der Waals surface area (Å²) >= 11 is 0. The Kier molecular flexibility index (Phi) is 4.94. The van der Waals surface area contributed by atoms with E-state index in [1.807, 2.05) is 36.1 Å². The van der Waals surface area contributed by atoms with Crippen LogP contribution in [0.5, 0.6) is 0 Å². The van der Waals surface area contributed by atoms with Gasteiger partial charge in [-0.3, -0.25) is 13.9 Å². The zero-order valence-electron chi connectivity index (χ0n) is 16.5. The smallest absolute Gasteiger partial charge is 0.329 e. The Bertz CT molecular complexity index is 1060. The maximum Gasteiger partial charge on any atom is 0.329 e. The van der Waals surface area contributed by atoms with E-state index in [-0.39, 0.29) is 18.1 Å². The molecule has 3 aromatic rings. The molecule has 28 heavy (non-hydrogen) atoms. The lowest BCUT2D eigenvalue weighted by Gasteiger charge is -2.36. The van der Waals surface area contributed by atoms with E-state index < -0.39 is 0 Å². The number of carbonyl (C=O) groups excluding carboxylic acids is 1. The average Bonchev–Trinajstić information content (AvgIpc) is 2.99. The number of carbonyl (C=O) groups is 1. The molecular formula is C22H26N4O2. The molecule has 4 rings (SSSR count). The molecule has 1 aliphatic rings. The predicted molar refractivity (Wildman–Crippen MR) is 112 cm³/mol. The number of aryl methyl sites for hydroxylation is 2. The van der Waals surface area contributed by atoms with E-state index in [2.05, 4.69) is 36.1 Å². The zero-order chi connectivity index (χ0) is 19.7. The Morgan fingerprint density at radius 1 is 0.929 bits per heavy atom. The van der Waals surface area contributed by atoms with E-state index in [9.17, 15) is 9.59 Å². The Hall–Kier alpha value is -3.02. The minimum absolute atomic E-state index is 0.00463. The highest BCUT2D eigenvalue weighted by atomic mass is 16.2. The number of amides is 1. The fraction of sp³-hybridized carbons (Fsp3) is 0.364. The van der Waals surface area contributed by atoms with Gasteiger partial charge in [-0.2, -0.15) is 0 Å². The van der Waals surface area contributed by atoms with Gasteiger partial charge in [0.05, 0.1) is 11.0 Å². The van der Waals surface area contributed by atoms with Crippen molar-refractivity contribution in [2.75, 3.05) is 31.1 Å². The van der Waals surface area contributed by atoms with E-state index in [0.717, 1.165) is 24.1 Å². The molecule has 6 heteroatoms. The highest BCUT2D eigenvalue weighted by Gasteiger charge is 2.23. The zero-order valence-corrected chi connectivity index (χ0v) is 16.5. The molecular weight excluding hydrogens is 352 g/mol. The molecule has 6 nitrogen and oxygen atoms in total. The molecule has 1 fully saturated rings. The van der Waals surface area contributed by atoms with Crippen molar-refractivity contribution in [3.63, 3.8) is 0 Å². The summed E-state index contributed by atoms with van der Waals surface area (Å²) in [7, 11) is 0. The number of imidazole rings is 1. The first-order valence-electron chi connectivity index (χ1n) is 9.86. The number of benzene rings is 2. The van der Waals surface area contributed by atoms with Gasteiger partial charge in [0.25, 0.3) is 0 Å². The number of piperazine rings is 1. The van der Waals surface area contributed by atoms with Gasteiger partial charge in [0.15, 0.2) is 0 Å². The lowest BCUT2D eigenvalue weighted by molar-refractivity contribution is -0.132. The predicted octanol–water partition coefficient (Wildman–Crippen LogP) is 2.48. The van der Waals surface area contributed by atoms with Gasteiger partial charge in [0, 0.05) is 38.4 Å². The van der Waals surface area contributed by atoms with E-state index >= 15 is 0 Å². The third kappa shape index (κ3) is 3.30. The summed E-state index contributed by atoms with van der Waals surface area (Å²) in [5, 5.41) is 0. The van der Waals surface area contributed by atoms with Gasteiger partial charge < -0.3 is 9.80 Å². The second-order valence-corrected chi connectivity index (χ2v) is 7.31. The maximum atomic E-state index is 12.9. The summed E-state index contributed by atoms with van der Waals surface area (Å²) in [5.41, 5.74) is 4.03. The molecule has 0 N–H and O–H groups in total. The standard InChI is InChI=1S/C22H26N4O2/c1-3-25-19-9-4-5-10-20(19)26(22(25)28)16-21(27)24-13-11-23(12-14-24)18-8-6-7-17(2)15-18/h4-10,15H,3,11-14,16H2,1-2H3. The number of anilines is 1. The molecule has 2 aromatic carbocycles. The number of para-hydroxylation sites is 2. The SMILES string of the molecule is CCn1c(=O)n(CC(=O)N2CCN(c3cccc(C)c3)CC2)c2ccccc21. The van der Waals surface area contributed by atoms with Crippen molar-refractivity contribution in [2.24, 2.45) is 0 Å². The lowest BCUT2D eigenvalue weighted by atomic mass is 10.2. The van der Waals surface area contributed by atoms with Crippen molar-refractivity contribution in [3.8, 4) is 0 Å². The molecule has 146 valence electrons. The van der Waals surface area contributed by atoms with Crippen LogP contribution < -0.4 is 10.6 Å². The number of hydrogen-bond donors (Lipinski definition) is 0. The van der Waals surface area contributed by atoms with Crippen LogP contribution in [0.25, 0.3) is 11.0 Å². The van der Waals surface area contributed by atoms with E-state index in [1.165, 1.54) is 11.3 Å². The van der Waals surface area contributed by atoms with Gasteiger partial charge in [-0.25, -0.2) is 4.79 Å². The average molecular weight is 378 g/mol. The van der Waals surface area contributed by atoms with Crippen LogP contribution in [-0.4, -0.2) is 46.1 Å². The van der Waals surface area contributed by atoms with Crippen LogP contribution in [0.2, 0.25) is 0 Å². The number of rotatable bonds is 4. The van der Waals surface area contributed by atoms with Crippen molar-refractivity contribution in [1.29, 1.82) is 0 Å². The maximum absolute atomic E-state index is 12.9. The molecule has 0 atom stereocenters. The van der Waals surface area contributed by atoms with Gasteiger partial charge in [-0.05, 0) is 43.7 Å². The summed E-state index contributed by atoms with van der Waals surface area (Å²) in [4.78, 5) is 29.8. The minimum Gasteiger partial charge on any atom is -0.368 e. The van der Waals surface area contributed by atoms with Gasteiger partial charge in [-0.1, -0.05) is 24.3 Å². The monoisotopic (exact) mass is 378 g/mol. The van der Waals surface area contributed by atoms with Crippen molar-refractivity contribution in [2.45, 2.75) is 26.9 Å². The van der Waals surface area contributed by atoms with Crippen molar-refractivity contribution < 1.29 is 4.79 Å². The van der Waals surface area contributed by atoms with Crippen molar-refractivity contribution in [1.82, 2.24) is 14.0 Å². The minimum atomic E-state index is -0.115. The topological polar surface area (TPSA) is 50.5 Å². The molecule has 0 spiro atoms. The third-order valence-electron chi connectivity index (χ3n) is 5.53. The summed E-state index contributed by atoms with van der Waals surface area (Å²) in [5.74, 6) is 0.00463. The van der Waals surface area contributed by atoms with E-state index in [4.69, 9.17) is 0 Å². The number of fused-ring (bicyclic) bond motifs is 1. The Morgan fingerprint density at radius 2 is 1.61 bits per heavy atom. The highest BCUT2D eigenvalue weighted by molar-refractivity contribution is 5.81. The van der Waals surface area contributed by atoms with Crippen LogP contribution in [0.1, 0.15) is 12.5 Å².